The van der Waals surface area contributed by atoms with Crippen molar-refractivity contribution in [2.45, 2.75) is 24.7 Å². The summed E-state index contributed by atoms with van der Waals surface area (Å²) in [5.41, 5.74) is 28.2. The number of nitrogens with zero attached hydrogens (tertiary/aromatic N) is 1. The summed E-state index contributed by atoms with van der Waals surface area (Å²) in [6.45, 7) is 4.74. The van der Waals surface area contributed by atoms with Crippen LogP contribution in [0.25, 0.3) is 77.9 Å². The lowest BCUT2D eigenvalue weighted by atomic mass is 9.68. The van der Waals surface area contributed by atoms with Crippen LogP contribution >= 0.6 is 0 Å². The minimum Gasteiger partial charge on any atom is -0.310 e. The van der Waals surface area contributed by atoms with Crippen LogP contribution in [0.3, 0.4) is 0 Å². The van der Waals surface area contributed by atoms with Gasteiger partial charge in [-0.3, -0.25) is 0 Å². The van der Waals surface area contributed by atoms with Gasteiger partial charge in [-0.2, -0.15) is 0 Å². The molecule has 0 N–H and O–H groups in total. The molecule has 0 fully saturated rings. The van der Waals surface area contributed by atoms with Gasteiger partial charge in [0.1, 0.15) is 0 Å². The molecule has 0 bridgehead atoms. The lowest BCUT2D eigenvalue weighted by molar-refractivity contribution is 0.660. The van der Waals surface area contributed by atoms with Crippen molar-refractivity contribution in [2.75, 3.05) is 4.90 Å². The summed E-state index contributed by atoms with van der Waals surface area (Å²) in [5, 5.41) is 0. The van der Waals surface area contributed by atoms with Gasteiger partial charge in [0.2, 0.25) is 0 Å². The number of rotatable bonds is 7. The summed E-state index contributed by atoms with van der Waals surface area (Å²) >= 11 is 0. The van der Waals surface area contributed by atoms with Crippen LogP contribution in [-0.2, 0) is 10.8 Å². The average Bonchev–Trinajstić information content (AvgIpc) is 4.00. The molecule has 0 aliphatic heterocycles. The van der Waals surface area contributed by atoms with Crippen molar-refractivity contribution in [2.24, 2.45) is 0 Å². The predicted octanol–water partition coefficient (Wildman–Crippen LogP) is 18.5. The molecular weight excluding hydrogens is 855 g/mol. The number of anilines is 3. The zero-order chi connectivity index (χ0) is 47.3. The highest BCUT2D eigenvalue weighted by atomic mass is 15.1. The van der Waals surface area contributed by atoms with Gasteiger partial charge in [-0.25, -0.2) is 0 Å². The van der Waals surface area contributed by atoms with Gasteiger partial charge in [-0.05, 0) is 142 Å². The Morgan fingerprint density at radius 2 is 0.676 bits per heavy atom. The summed E-state index contributed by atoms with van der Waals surface area (Å²) in [6.07, 6.45) is 0. The summed E-state index contributed by atoms with van der Waals surface area (Å²) < 4.78 is 0. The van der Waals surface area contributed by atoms with E-state index in [9.17, 15) is 0 Å². The van der Waals surface area contributed by atoms with Crippen molar-refractivity contribution < 1.29 is 0 Å². The maximum absolute atomic E-state index is 2.54. The molecule has 334 valence electrons. The van der Waals surface area contributed by atoms with E-state index in [0.717, 1.165) is 17.1 Å². The minimum absolute atomic E-state index is 0.149. The molecule has 0 saturated heterocycles. The molecule has 71 heavy (non-hydrogen) atoms. The number of fused-ring (bicyclic) bond motifs is 13. The second-order valence-corrected chi connectivity index (χ2v) is 19.9. The van der Waals surface area contributed by atoms with Crippen molar-refractivity contribution >= 4 is 17.1 Å². The first-order valence-electron chi connectivity index (χ1n) is 24.9. The smallest absolute Gasteiger partial charge is 0.0731 e. The van der Waals surface area contributed by atoms with E-state index in [1.165, 1.54) is 111 Å². The molecule has 0 heterocycles. The zero-order valence-corrected chi connectivity index (χ0v) is 39.8. The fourth-order valence-electron chi connectivity index (χ4n) is 12.7. The maximum atomic E-state index is 2.54. The largest absolute Gasteiger partial charge is 0.310 e. The molecule has 0 aromatic heterocycles. The van der Waals surface area contributed by atoms with E-state index in [4.69, 9.17) is 0 Å². The second-order valence-electron chi connectivity index (χ2n) is 19.9. The van der Waals surface area contributed by atoms with Crippen molar-refractivity contribution in [1.82, 2.24) is 0 Å². The van der Waals surface area contributed by atoms with Crippen molar-refractivity contribution in [3.8, 4) is 77.9 Å². The van der Waals surface area contributed by atoms with Gasteiger partial charge in [-0.15, -0.1) is 0 Å². The van der Waals surface area contributed by atoms with Gasteiger partial charge in [0, 0.05) is 22.4 Å². The fraction of sp³-hybridized carbons (Fsp3) is 0.0571. The number of hydrogen-bond acceptors (Lipinski definition) is 1. The molecule has 1 spiro atoms. The lowest BCUT2D eigenvalue weighted by Gasteiger charge is -2.33. The van der Waals surface area contributed by atoms with Crippen LogP contribution in [0.15, 0.2) is 261 Å². The van der Waals surface area contributed by atoms with Crippen LogP contribution in [-0.4, -0.2) is 0 Å². The topological polar surface area (TPSA) is 3.24 Å². The summed E-state index contributed by atoms with van der Waals surface area (Å²) in [7, 11) is 0. The zero-order valence-electron chi connectivity index (χ0n) is 39.8. The monoisotopic (exact) mass is 903 g/mol. The summed E-state index contributed by atoms with van der Waals surface area (Å²) in [6, 6.07) is 97.4. The van der Waals surface area contributed by atoms with E-state index >= 15 is 0 Å². The van der Waals surface area contributed by atoms with Gasteiger partial charge in [0.25, 0.3) is 0 Å². The molecule has 14 rings (SSSR count). The Balaban J connectivity index is 0.974. The Morgan fingerprint density at radius 1 is 0.254 bits per heavy atom. The molecule has 0 saturated carbocycles. The molecule has 11 aromatic rings. The number of benzene rings is 11. The molecule has 0 amide bonds. The van der Waals surface area contributed by atoms with Crippen LogP contribution in [0.5, 0.6) is 0 Å². The van der Waals surface area contributed by atoms with Crippen LogP contribution in [0.1, 0.15) is 47.2 Å². The minimum atomic E-state index is -0.551. The van der Waals surface area contributed by atoms with Crippen LogP contribution in [0, 0.1) is 0 Å². The average molecular weight is 904 g/mol. The van der Waals surface area contributed by atoms with E-state index < -0.39 is 5.41 Å². The molecule has 11 aromatic carbocycles. The second kappa shape index (κ2) is 15.9. The molecule has 0 atom stereocenters. The highest BCUT2D eigenvalue weighted by Gasteiger charge is 2.53. The third-order valence-corrected chi connectivity index (χ3v) is 15.9. The first-order valence-corrected chi connectivity index (χ1v) is 24.9. The van der Waals surface area contributed by atoms with Crippen molar-refractivity contribution in [3.05, 3.63) is 294 Å². The highest BCUT2D eigenvalue weighted by molar-refractivity contribution is 6.00. The Kier molecular flexibility index (Phi) is 9.22. The first kappa shape index (κ1) is 41.2. The molecule has 3 aliphatic carbocycles. The molecule has 1 nitrogen and oxygen atoms in total. The van der Waals surface area contributed by atoms with Crippen LogP contribution in [0.2, 0.25) is 0 Å². The molecule has 3 aliphatic rings. The van der Waals surface area contributed by atoms with Gasteiger partial charge < -0.3 is 4.90 Å². The third-order valence-electron chi connectivity index (χ3n) is 15.9. The van der Waals surface area contributed by atoms with E-state index in [1.807, 2.05) is 0 Å². The van der Waals surface area contributed by atoms with Crippen LogP contribution < -0.4 is 4.90 Å². The lowest BCUT2D eigenvalue weighted by Crippen LogP contribution is -2.26. The van der Waals surface area contributed by atoms with Crippen LogP contribution in [0.4, 0.5) is 17.1 Å². The van der Waals surface area contributed by atoms with E-state index in [1.54, 1.807) is 0 Å². The summed E-state index contributed by atoms with van der Waals surface area (Å²) in [4.78, 5) is 2.48. The Labute approximate surface area is 416 Å². The third kappa shape index (κ3) is 6.13. The number of hydrogen-bond donors (Lipinski definition) is 0. The van der Waals surface area contributed by atoms with Gasteiger partial charge in [0.05, 0.1) is 11.1 Å². The van der Waals surface area contributed by atoms with Crippen molar-refractivity contribution in [3.63, 3.8) is 0 Å². The fourth-order valence-corrected chi connectivity index (χ4v) is 12.7. The highest BCUT2D eigenvalue weighted by Crippen LogP contribution is 2.65. The van der Waals surface area contributed by atoms with Gasteiger partial charge in [0.15, 0.2) is 0 Å². The molecular formula is C70H49N. The molecule has 1 heteroatoms. The molecule has 0 unspecified atom stereocenters. The van der Waals surface area contributed by atoms with Gasteiger partial charge in [-0.1, -0.05) is 238 Å². The maximum Gasteiger partial charge on any atom is 0.0731 e. The Hall–Kier alpha value is -8.78. The standard InChI is InChI=1S/C70H49N/c1-69(2)62-28-13-9-23-56(62)59-43-41-53(45-65(59)69)71(52-39-36-49(37-40-52)47-20-7-4-8-21-47)67-31-16-12-22-54(67)51-38-42-60-61-27-17-26-55(50-34-32-48(33-35-50)46-18-5-3-6-19-46)68(61)70(66(60)44-51)63-29-14-10-24-57(63)58-25-11-15-30-64(58)70/h3-45H,1-2H3. The Morgan fingerprint density at radius 3 is 1.32 bits per heavy atom. The van der Waals surface area contributed by atoms with E-state index in [-0.39, 0.29) is 5.41 Å². The van der Waals surface area contributed by atoms with Crippen molar-refractivity contribution in [1.29, 1.82) is 0 Å². The van der Waals surface area contributed by atoms with E-state index in [2.05, 4.69) is 280 Å². The SMILES string of the molecule is CC1(C)c2ccccc2-c2ccc(N(c3ccc(-c4ccccc4)cc3)c3ccccc3-c3ccc4c(c3)C3(c5ccccc5-c5ccccc53)c3c(-c5ccc(-c6ccccc6)cc5)cccc3-4)cc21. The van der Waals surface area contributed by atoms with E-state index in [0.29, 0.717) is 0 Å². The predicted molar refractivity (Wildman–Crippen MR) is 297 cm³/mol. The van der Waals surface area contributed by atoms with Gasteiger partial charge >= 0.3 is 0 Å². The number of para-hydroxylation sites is 1. The Bertz CT molecular complexity index is 3830. The first-order chi connectivity index (χ1) is 35.0. The quantitative estimate of drug-likeness (QED) is 0.154. The normalized spacial score (nSPS) is 13.7. The molecule has 0 radical (unpaired) electrons. The summed E-state index contributed by atoms with van der Waals surface area (Å²) in [5.74, 6) is 0.